The molecule has 0 unspecified atom stereocenters. The fourth-order valence-corrected chi connectivity index (χ4v) is 8.68. The summed E-state index contributed by atoms with van der Waals surface area (Å²) in [6.45, 7) is 10.1. The first-order valence-electron chi connectivity index (χ1n) is 20.3. The van der Waals surface area contributed by atoms with Crippen LogP contribution in [0.5, 0.6) is 0 Å². The quantitative estimate of drug-likeness (QED) is 0.106. The van der Waals surface area contributed by atoms with Crippen molar-refractivity contribution in [1.29, 1.82) is 0 Å². The second kappa shape index (κ2) is 19.0. The Hall–Kier alpha value is -4.59. The lowest BCUT2D eigenvalue weighted by Crippen LogP contribution is -2.65. The highest BCUT2D eigenvalue weighted by Crippen LogP contribution is 2.50. The number of halogens is 1. The van der Waals surface area contributed by atoms with Crippen LogP contribution in [0.25, 0.3) is 0 Å². The van der Waals surface area contributed by atoms with Crippen molar-refractivity contribution in [2.45, 2.75) is 89.9 Å². The summed E-state index contributed by atoms with van der Waals surface area (Å²) in [4.78, 5) is 0. The van der Waals surface area contributed by atoms with Gasteiger partial charge in [0.15, 0.2) is 0 Å². The molecule has 0 aromatic heterocycles. The molecular formula is C52H55ClO5. The van der Waals surface area contributed by atoms with E-state index in [9.17, 15) is 5.11 Å². The maximum Gasteiger partial charge on any atom is 0.112 e. The van der Waals surface area contributed by atoms with Crippen LogP contribution in [0, 0.1) is 12.3 Å². The number of hydrogen-bond acceptors (Lipinski definition) is 5. The maximum atomic E-state index is 13.2. The van der Waals surface area contributed by atoms with Crippen molar-refractivity contribution >= 4 is 11.6 Å². The second-order valence-electron chi connectivity index (χ2n) is 16.4. The third-order valence-electron chi connectivity index (χ3n) is 11.8. The van der Waals surface area contributed by atoms with E-state index in [-0.39, 0.29) is 6.61 Å². The summed E-state index contributed by atoms with van der Waals surface area (Å²) in [6, 6.07) is 55.4. The summed E-state index contributed by atoms with van der Waals surface area (Å²) in [5.41, 5.74) is 6.97. The Morgan fingerprint density at radius 2 is 1.05 bits per heavy atom. The summed E-state index contributed by atoms with van der Waals surface area (Å²) in [5, 5.41) is 13.8. The van der Waals surface area contributed by atoms with Crippen LogP contribution in [-0.4, -0.2) is 36.1 Å². The number of aliphatic hydroxyl groups excluding tert-OH is 1. The molecule has 0 radical (unpaired) electrons. The van der Waals surface area contributed by atoms with Gasteiger partial charge in [-0.05, 0) is 51.9 Å². The van der Waals surface area contributed by atoms with E-state index in [1.807, 2.05) is 84.9 Å². The van der Waals surface area contributed by atoms with Gasteiger partial charge in [-0.1, -0.05) is 196 Å². The fourth-order valence-electron chi connectivity index (χ4n) is 8.33. The van der Waals surface area contributed by atoms with Gasteiger partial charge in [0.05, 0.1) is 51.3 Å². The van der Waals surface area contributed by atoms with Gasteiger partial charge in [0.1, 0.15) is 6.10 Å². The third-order valence-corrected chi connectivity index (χ3v) is 12.2. The van der Waals surface area contributed by atoms with E-state index in [4.69, 9.17) is 30.5 Å². The summed E-state index contributed by atoms with van der Waals surface area (Å²) < 4.78 is 27.8. The van der Waals surface area contributed by atoms with E-state index in [2.05, 4.69) is 107 Å². The highest BCUT2D eigenvalue weighted by molar-refractivity contribution is 6.31. The van der Waals surface area contributed by atoms with Crippen LogP contribution in [0.1, 0.15) is 71.2 Å². The molecule has 5 nitrogen and oxygen atoms in total. The van der Waals surface area contributed by atoms with Gasteiger partial charge in [-0.25, -0.2) is 0 Å². The van der Waals surface area contributed by atoms with Crippen molar-refractivity contribution in [2.75, 3.05) is 6.61 Å². The lowest BCUT2D eigenvalue weighted by Gasteiger charge is -2.54. The van der Waals surface area contributed by atoms with Gasteiger partial charge >= 0.3 is 0 Å². The molecule has 6 aromatic carbocycles. The van der Waals surface area contributed by atoms with E-state index in [0.717, 1.165) is 38.9 Å². The van der Waals surface area contributed by atoms with E-state index in [1.165, 1.54) is 5.56 Å². The van der Waals surface area contributed by atoms with Crippen LogP contribution in [0.4, 0.5) is 0 Å². The first-order valence-corrected chi connectivity index (χ1v) is 20.6. The van der Waals surface area contributed by atoms with Crippen LogP contribution in [0.15, 0.2) is 164 Å². The van der Waals surface area contributed by atoms with Gasteiger partial charge in [0, 0.05) is 21.8 Å². The summed E-state index contributed by atoms with van der Waals surface area (Å²) in [6.07, 6.45) is -2.85. The van der Waals surface area contributed by atoms with Gasteiger partial charge in [-0.2, -0.15) is 0 Å². The number of aryl methyl sites for hydroxylation is 1. The molecule has 1 saturated carbocycles. The van der Waals surface area contributed by atoms with Gasteiger partial charge < -0.3 is 24.1 Å². The number of aliphatic hydroxyl groups is 1. The number of benzene rings is 6. The summed E-state index contributed by atoms with van der Waals surface area (Å²) >= 11 is 7.11. The van der Waals surface area contributed by atoms with E-state index < -0.39 is 41.2 Å². The molecule has 300 valence electrons. The van der Waals surface area contributed by atoms with Crippen LogP contribution in [0.3, 0.4) is 0 Å². The monoisotopic (exact) mass is 794 g/mol. The molecule has 1 aliphatic rings. The average Bonchev–Trinajstić information content (AvgIpc) is 3.25. The Morgan fingerprint density at radius 3 is 1.57 bits per heavy atom. The molecule has 1 N–H and O–H groups in total. The predicted molar refractivity (Wildman–Crippen MR) is 233 cm³/mol. The Balaban J connectivity index is 1.35. The first kappa shape index (κ1) is 41.6. The van der Waals surface area contributed by atoms with Crippen molar-refractivity contribution in [2.24, 2.45) is 5.41 Å². The van der Waals surface area contributed by atoms with Crippen molar-refractivity contribution < 1.29 is 24.1 Å². The van der Waals surface area contributed by atoms with Crippen LogP contribution in [0.2, 0.25) is 5.02 Å². The molecule has 0 aliphatic heterocycles. The van der Waals surface area contributed by atoms with Crippen molar-refractivity contribution in [3.05, 3.63) is 213 Å². The minimum atomic E-state index is -0.974. The Bertz CT molecular complexity index is 2160. The van der Waals surface area contributed by atoms with E-state index in [0.29, 0.717) is 31.5 Å². The number of ether oxygens (including phenoxy) is 4. The highest BCUT2D eigenvalue weighted by Gasteiger charge is 2.59. The minimum absolute atomic E-state index is 0.213. The molecule has 6 aromatic rings. The maximum absolute atomic E-state index is 13.2. The molecule has 0 heterocycles. The molecule has 0 bridgehead atoms. The standard InChI is InChI=1S/C52H55ClO5/c1-37-25-28-43(29-26-37)51(2,3)44-31-42(27-30-45(44)53)46-47(56-33-39-19-11-6-12-20-39)48(57-34-40-21-13-7-14-22-40)50(58-35-41-23-15-8-16-24-41)52(4,49(46)54)36-55-32-38-17-9-5-10-18-38/h5-31,46-50,54H,32-36H2,1-4H3/t46-,47-,48+,49+,50-,52-/m0/s1. The van der Waals surface area contributed by atoms with Gasteiger partial charge in [0.2, 0.25) is 0 Å². The zero-order valence-corrected chi connectivity index (χ0v) is 34.7. The van der Waals surface area contributed by atoms with Crippen molar-refractivity contribution in [3.63, 3.8) is 0 Å². The molecule has 0 amide bonds. The Labute approximate surface area is 349 Å². The third kappa shape index (κ3) is 9.64. The summed E-state index contributed by atoms with van der Waals surface area (Å²) in [7, 11) is 0. The topological polar surface area (TPSA) is 57.2 Å². The molecular weight excluding hydrogens is 740 g/mol. The summed E-state index contributed by atoms with van der Waals surface area (Å²) in [5.74, 6) is -0.545. The SMILES string of the molecule is Cc1ccc(C(C)(C)c2cc([C@H]3[C@H](OCc4ccccc4)[C@@H](OCc4ccccc4)[C@H](OCc4ccccc4)[C@@](C)(COCc4ccccc4)[C@@H]3O)ccc2Cl)cc1. The van der Waals surface area contributed by atoms with Gasteiger partial charge in [-0.15, -0.1) is 0 Å². The zero-order chi connectivity index (χ0) is 40.5. The lowest BCUT2D eigenvalue weighted by molar-refractivity contribution is -0.258. The number of hydrogen-bond donors (Lipinski definition) is 1. The minimum Gasteiger partial charge on any atom is -0.392 e. The average molecular weight is 795 g/mol. The molecule has 6 heteroatoms. The molecule has 6 atom stereocenters. The van der Waals surface area contributed by atoms with Crippen molar-refractivity contribution in [3.8, 4) is 0 Å². The largest absolute Gasteiger partial charge is 0.392 e. The number of rotatable bonds is 16. The molecule has 7 rings (SSSR count). The Morgan fingerprint density at radius 1 is 0.586 bits per heavy atom. The van der Waals surface area contributed by atoms with Crippen LogP contribution >= 0.6 is 11.6 Å². The molecule has 1 fully saturated rings. The Kier molecular flexibility index (Phi) is 13.6. The van der Waals surface area contributed by atoms with Crippen LogP contribution < -0.4 is 0 Å². The van der Waals surface area contributed by atoms with Crippen LogP contribution in [-0.2, 0) is 50.8 Å². The first-order chi connectivity index (χ1) is 28.1. The lowest BCUT2D eigenvalue weighted by atomic mass is 9.62. The van der Waals surface area contributed by atoms with Gasteiger partial charge in [-0.3, -0.25) is 0 Å². The molecule has 0 saturated heterocycles. The molecule has 1 aliphatic carbocycles. The predicted octanol–water partition coefficient (Wildman–Crippen LogP) is 11.4. The van der Waals surface area contributed by atoms with E-state index >= 15 is 0 Å². The normalized spacial score (nSPS) is 22.1. The zero-order valence-electron chi connectivity index (χ0n) is 34.0. The smallest absolute Gasteiger partial charge is 0.112 e. The second-order valence-corrected chi connectivity index (χ2v) is 16.8. The molecule has 58 heavy (non-hydrogen) atoms. The highest BCUT2D eigenvalue weighted by atomic mass is 35.5. The fraction of sp³-hybridized carbons (Fsp3) is 0.308. The molecule has 0 spiro atoms. The van der Waals surface area contributed by atoms with Crippen molar-refractivity contribution in [1.82, 2.24) is 0 Å². The van der Waals surface area contributed by atoms with Gasteiger partial charge in [0.25, 0.3) is 0 Å². The van der Waals surface area contributed by atoms with E-state index in [1.54, 1.807) is 0 Å².